The van der Waals surface area contributed by atoms with E-state index in [4.69, 9.17) is 21.7 Å². The van der Waals surface area contributed by atoms with E-state index < -0.39 is 0 Å². The van der Waals surface area contributed by atoms with Gasteiger partial charge in [0.05, 0.1) is 16.8 Å². The third-order valence-corrected chi connectivity index (χ3v) is 7.21. The number of rotatable bonds is 7. The fraction of sp³-hybridized carbons (Fsp3) is 0.133. The number of fused-ring (bicyclic) bond motifs is 1. The molecule has 4 aromatic carbocycles. The zero-order valence-corrected chi connectivity index (χ0v) is 22.9. The summed E-state index contributed by atoms with van der Waals surface area (Å²) in [6, 6.07) is 27.7. The van der Waals surface area contributed by atoms with E-state index in [1.807, 2.05) is 67.6 Å². The number of nitrogens with zero attached hydrogens (tertiary/aromatic N) is 2. The van der Waals surface area contributed by atoms with Gasteiger partial charge in [-0.25, -0.2) is 0 Å². The van der Waals surface area contributed by atoms with Gasteiger partial charge in [-0.3, -0.25) is 9.69 Å². The van der Waals surface area contributed by atoms with Crippen LogP contribution >= 0.6 is 28.1 Å². The summed E-state index contributed by atoms with van der Waals surface area (Å²) in [6.45, 7) is 2.97. The van der Waals surface area contributed by atoms with Crippen molar-refractivity contribution in [1.29, 1.82) is 0 Å². The van der Waals surface area contributed by atoms with Gasteiger partial charge in [0.15, 0.2) is 5.11 Å². The van der Waals surface area contributed by atoms with Crippen LogP contribution in [0.25, 0.3) is 16.8 Å². The molecule has 37 heavy (non-hydrogen) atoms. The maximum Gasteiger partial charge on any atom is 0.281 e. The topological polar surface area (TPSA) is 42.0 Å². The molecule has 7 heteroatoms. The molecule has 186 valence electrons. The van der Waals surface area contributed by atoms with Crippen molar-refractivity contribution in [3.05, 3.63) is 106 Å². The molecule has 0 spiro atoms. The Labute approximate surface area is 230 Å². The Morgan fingerprint density at radius 1 is 0.919 bits per heavy atom. The fourth-order valence-corrected chi connectivity index (χ4v) is 5.01. The second-order valence-electron chi connectivity index (χ2n) is 8.60. The number of carbonyl (C=O) groups excluding carboxylic acids is 1. The molecular formula is C30H25BrN2O3S. The number of halogens is 1. The number of benzene rings is 4. The normalized spacial score (nSPS) is 14.6. The van der Waals surface area contributed by atoms with E-state index in [0.717, 1.165) is 27.1 Å². The standard InChI is InChI=1S/C30H25BrN2O3S/c1-3-35-25-13-11-24(12-14-25)33-29(34)27(32(2)30(33)37)18-20-9-15-28(26(31)17-20)36-19-21-8-10-22-6-4-5-7-23(22)16-21/h4-18H,3,19H2,1-2H3/b27-18-. The maximum absolute atomic E-state index is 13.3. The van der Waals surface area contributed by atoms with Crippen molar-refractivity contribution in [3.63, 3.8) is 0 Å². The number of anilines is 1. The van der Waals surface area contributed by atoms with Gasteiger partial charge in [-0.2, -0.15) is 0 Å². The summed E-state index contributed by atoms with van der Waals surface area (Å²) in [7, 11) is 1.80. The molecule has 0 aliphatic carbocycles. The zero-order chi connectivity index (χ0) is 25.9. The Morgan fingerprint density at radius 3 is 2.41 bits per heavy atom. The molecule has 1 saturated heterocycles. The van der Waals surface area contributed by atoms with Crippen LogP contribution in [0, 0.1) is 0 Å². The summed E-state index contributed by atoms with van der Waals surface area (Å²) in [5, 5.41) is 2.82. The average molecular weight is 574 g/mol. The molecule has 0 bridgehead atoms. The monoisotopic (exact) mass is 572 g/mol. The highest BCUT2D eigenvalue weighted by atomic mass is 79.9. The molecule has 1 fully saturated rings. The lowest BCUT2D eigenvalue weighted by atomic mass is 10.1. The molecule has 1 heterocycles. The molecular weight excluding hydrogens is 548 g/mol. The number of ether oxygens (including phenoxy) is 2. The lowest BCUT2D eigenvalue weighted by Gasteiger charge is -2.16. The van der Waals surface area contributed by atoms with Crippen molar-refractivity contribution in [2.75, 3.05) is 18.6 Å². The Kier molecular flexibility index (Phi) is 7.26. The van der Waals surface area contributed by atoms with E-state index in [1.165, 1.54) is 15.7 Å². The molecule has 0 atom stereocenters. The van der Waals surface area contributed by atoms with Gasteiger partial charge in [-0.05, 0) is 106 Å². The number of thiocarbonyl (C=S) groups is 1. The van der Waals surface area contributed by atoms with Crippen LogP contribution in [-0.2, 0) is 11.4 Å². The number of carbonyl (C=O) groups is 1. The molecule has 1 aliphatic heterocycles. The van der Waals surface area contributed by atoms with Crippen molar-refractivity contribution >= 4 is 61.7 Å². The van der Waals surface area contributed by atoms with Crippen LogP contribution in [-0.4, -0.2) is 29.6 Å². The quantitative estimate of drug-likeness (QED) is 0.173. The summed E-state index contributed by atoms with van der Waals surface area (Å²) < 4.78 is 12.4. The summed E-state index contributed by atoms with van der Waals surface area (Å²) in [4.78, 5) is 16.6. The second kappa shape index (κ2) is 10.7. The minimum atomic E-state index is -0.176. The van der Waals surface area contributed by atoms with Crippen molar-refractivity contribution in [2.24, 2.45) is 0 Å². The van der Waals surface area contributed by atoms with Crippen LogP contribution in [0.2, 0.25) is 0 Å². The molecule has 4 aromatic rings. The molecule has 0 unspecified atom stereocenters. The number of hydrogen-bond acceptors (Lipinski definition) is 4. The minimum absolute atomic E-state index is 0.176. The highest BCUT2D eigenvalue weighted by Crippen LogP contribution is 2.32. The van der Waals surface area contributed by atoms with Crippen molar-refractivity contribution in [2.45, 2.75) is 13.5 Å². The van der Waals surface area contributed by atoms with E-state index in [0.29, 0.717) is 29.7 Å². The summed E-state index contributed by atoms with van der Waals surface area (Å²) in [5.74, 6) is 1.30. The van der Waals surface area contributed by atoms with E-state index in [9.17, 15) is 4.79 Å². The van der Waals surface area contributed by atoms with E-state index >= 15 is 0 Å². The summed E-state index contributed by atoms with van der Waals surface area (Å²) >= 11 is 9.21. The number of hydrogen-bond donors (Lipinski definition) is 0. The highest BCUT2D eigenvalue weighted by molar-refractivity contribution is 9.10. The predicted octanol–water partition coefficient (Wildman–Crippen LogP) is 7.18. The van der Waals surface area contributed by atoms with Crippen LogP contribution in [0.5, 0.6) is 11.5 Å². The third-order valence-electron chi connectivity index (χ3n) is 6.14. The minimum Gasteiger partial charge on any atom is -0.494 e. The first-order chi connectivity index (χ1) is 17.9. The molecule has 0 saturated carbocycles. The maximum atomic E-state index is 13.3. The molecule has 1 aliphatic rings. The zero-order valence-electron chi connectivity index (χ0n) is 20.5. The molecule has 1 amide bonds. The van der Waals surface area contributed by atoms with Crippen LogP contribution in [0.4, 0.5) is 5.69 Å². The van der Waals surface area contributed by atoms with Crippen LogP contribution in [0.1, 0.15) is 18.1 Å². The molecule has 0 radical (unpaired) electrons. The van der Waals surface area contributed by atoms with Gasteiger partial charge in [0.1, 0.15) is 23.8 Å². The van der Waals surface area contributed by atoms with E-state index in [2.05, 4.69) is 46.3 Å². The van der Waals surface area contributed by atoms with Crippen molar-refractivity contribution < 1.29 is 14.3 Å². The summed E-state index contributed by atoms with van der Waals surface area (Å²) in [6.07, 6.45) is 1.83. The van der Waals surface area contributed by atoms with Gasteiger partial charge >= 0.3 is 0 Å². The van der Waals surface area contributed by atoms with Crippen molar-refractivity contribution in [1.82, 2.24) is 4.90 Å². The SMILES string of the molecule is CCOc1ccc(N2C(=O)/C(=C/c3ccc(OCc4ccc5ccccc5c4)c(Br)c3)N(C)C2=S)cc1. The van der Waals surface area contributed by atoms with Gasteiger partial charge in [0.25, 0.3) is 5.91 Å². The van der Waals surface area contributed by atoms with Gasteiger partial charge in [-0.1, -0.05) is 42.5 Å². The first-order valence-corrected chi connectivity index (χ1v) is 13.1. The van der Waals surface area contributed by atoms with Gasteiger partial charge in [0, 0.05) is 7.05 Å². The Morgan fingerprint density at radius 2 is 1.68 bits per heavy atom. The molecule has 0 aromatic heterocycles. The van der Waals surface area contributed by atoms with E-state index in [-0.39, 0.29) is 5.91 Å². The molecule has 0 N–H and O–H groups in total. The lowest BCUT2D eigenvalue weighted by Crippen LogP contribution is -2.31. The van der Waals surface area contributed by atoms with Crippen LogP contribution in [0.15, 0.2) is 95.1 Å². The Hall–Kier alpha value is -3.68. The average Bonchev–Trinajstić information content (AvgIpc) is 3.11. The van der Waals surface area contributed by atoms with Gasteiger partial charge in [0.2, 0.25) is 0 Å². The van der Waals surface area contributed by atoms with Crippen LogP contribution < -0.4 is 14.4 Å². The lowest BCUT2D eigenvalue weighted by molar-refractivity contribution is -0.114. The Balaban J connectivity index is 1.32. The third kappa shape index (κ3) is 5.24. The fourth-order valence-electron chi connectivity index (χ4n) is 4.21. The molecule has 5 rings (SSSR count). The number of amides is 1. The largest absolute Gasteiger partial charge is 0.494 e. The molecule has 5 nitrogen and oxygen atoms in total. The number of likely N-dealkylation sites (N-methyl/N-ethyl adjacent to an activating group) is 1. The highest BCUT2D eigenvalue weighted by Gasteiger charge is 2.36. The second-order valence-corrected chi connectivity index (χ2v) is 9.82. The van der Waals surface area contributed by atoms with Gasteiger partial charge in [-0.15, -0.1) is 0 Å². The van der Waals surface area contributed by atoms with Gasteiger partial charge < -0.3 is 14.4 Å². The first kappa shape index (κ1) is 25.0. The predicted molar refractivity (Wildman–Crippen MR) is 156 cm³/mol. The Bertz CT molecular complexity index is 1520. The van der Waals surface area contributed by atoms with Crippen molar-refractivity contribution in [3.8, 4) is 11.5 Å². The van der Waals surface area contributed by atoms with E-state index in [1.54, 1.807) is 11.9 Å². The first-order valence-electron chi connectivity index (χ1n) is 11.9. The smallest absolute Gasteiger partial charge is 0.281 e. The van der Waals surface area contributed by atoms with Crippen LogP contribution in [0.3, 0.4) is 0 Å². The summed E-state index contributed by atoms with van der Waals surface area (Å²) in [5.41, 5.74) is 3.15.